The third-order valence-electron chi connectivity index (χ3n) is 2.81. The summed E-state index contributed by atoms with van der Waals surface area (Å²) in [4.78, 5) is 13.7. The Morgan fingerprint density at radius 2 is 1.76 bits per heavy atom. The van der Waals surface area contributed by atoms with Crippen LogP contribution in [0.25, 0.3) is 11.1 Å². The number of hydrogen-bond acceptors (Lipinski definition) is 2. The van der Waals surface area contributed by atoms with Gasteiger partial charge in [0.15, 0.2) is 0 Å². The quantitative estimate of drug-likeness (QED) is 0.860. The fourth-order valence-corrected chi connectivity index (χ4v) is 2.06. The summed E-state index contributed by atoms with van der Waals surface area (Å²) in [5.41, 5.74) is 4.34. The van der Waals surface area contributed by atoms with Crippen molar-refractivity contribution in [2.45, 2.75) is 13.8 Å². The second-order valence-corrected chi connectivity index (χ2v) is 4.08. The van der Waals surface area contributed by atoms with Crippen LogP contribution < -0.4 is 10.3 Å². The molecule has 0 amide bonds. The summed E-state index contributed by atoms with van der Waals surface area (Å²) in [6.45, 7) is 4.08. The lowest BCUT2D eigenvalue weighted by molar-refractivity contribution is 0.414. The maximum atomic E-state index is 11.0. The molecule has 1 N–H and O–H groups in total. The van der Waals surface area contributed by atoms with Gasteiger partial charge in [-0.2, -0.15) is 0 Å². The maximum Gasteiger partial charge on any atom is 0.247 e. The Bertz CT molecular complexity index is 556. The highest BCUT2D eigenvalue weighted by Gasteiger charge is 2.07. The molecule has 0 aliphatic heterocycles. The molecule has 0 aliphatic carbocycles. The van der Waals surface area contributed by atoms with Gasteiger partial charge < -0.3 is 9.72 Å². The summed E-state index contributed by atoms with van der Waals surface area (Å²) in [6, 6.07) is 7.36. The fraction of sp³-hybridized carbons (Fsp3) is 0.214. The third kappa shape index (κ3) is 2.23. The van der Waals surface area contributed by atoms with E-state index in [1.807, 2.05) is 32.0 Å². The monoisotopic (exact) mass is 229 g/mol. The minimum Gasteiger partial charge on any atom is -0.497 e. The van der Waals surface area contributed by atoms with Crippen LogP contribution in [0.5, 0.6) is 5.75 Å². The van der Waals surface area contributed by atoms with Gasteiger partial charge in [-0.05, 0) is 54.3 Å². The first-order valence-corrected chi connectivity index (χ1v) is 5.46. The second-order valence-electron chi connectivity index (χ2n) is 4.08. The summed E-state index contributed by atoms with van der Waals surface area (Å²) in [6.07, 6.45) is 1.74. The van der Waals surface area contributed by atoms with Crippen molar-refractivity contribution in [1.82, 2.24) is 4.98 Å². The molecule has 0 saturated heterocycles. The standard InChI is InChI=1S/C14H15NO2/c1-9-6-12(17-3)7-10(2)14(9)11-4-5-13(16)15-8-11/h4-8H,1-3H3,(H,15,16). The van der Waals surface area contributed by atoms with Gasteiger partial charge in [0, 0.05) is 12.3 Å². The van der Waals surface area contributed by atoms with Crippen molar-refractivity contribution in [3.8, 4) is 16.9 Å². The number of nitrogens with one attached hydrogen (secondary N) is 1. The smallest absolute Gasteiger partial charge is 0.247 e. The first kappa shape index (κ1) is 11.5. The maximum absolute atomic E-state index is 11.0. The number of rotatable bonds is 2. The van der Waals surface area contributed by atoms with Gasteiger partial charge in [-0.1, -0.05) is 0 Å². The molecule has 88 valence electrons. The molecule has 0 radical (unpaired) electrons. The van der Waals surface area contributed by atoms with E-state index >= 15 is 0 Å². The van der Waals surface area contributed by atoms with Crippen LogP contribution in [-0.2, 0) is 0 Å². The first-order valence-electron chi connectivity index (χ1n) is 5.46. The molecule has 2 rings (SSSR count). The molecule has 1 heterocycles. The molecule has 0 bridgehead atoms. The van der Waals surface area contributed by atoms with Crippen LogP contribution in [-0.4, -0.2) is 12.1 Å². The largest absolute Gasteiger partial charge is 0.497 e. The van der Waals surface area contributed by atoms with Crippen LogP contribution in [0.4, 0.5) is 0 Å². The van der Waals surface area contributed by atoms with Crippen molar-refractivity contribution in [3.05, 3.63) is 51.9 Å². The molecular formula is C14H15NO2. The van der Waals surface area contributed by atoms with Gasteiger partial charge in [0.05, 0.1) is 7.11 Å². The molecule has 3 nitrogen and oxygen atoms in total. The van der Waals surface area contributed by atoms with E-state index in [0.29, 0.717) is 0 Å². The van der Waals surface area contributed by atoms with E-state index in [4.69, 9.17) is 4.74 Å². The average molecular weight is 229 g/mol. The van der Waals surface area contributed by atoms with Crippen LogP contribution in [0.15, 0.2) is 35.3 Å². The number of aryl methyl sites for hydroxylation is 2. The Kier molecular flexibility index (Phi) is 3.00. The van der Waals surface area contributed by atoms with E-state index in [2.05, 4.69) is 4.98 Å². The van der Waals surface area contributed by atoms with Crippen molar-refractivity contribution >= 4 is 0 Å². The lowest BCUT2D eigenvalue weighted by Gasteiger charge is -2.12. The minimum absolute atomic E-state index is 0.0856. The van der Waals surface area contributed by atoms with Gasteiger partial charge in [0.1, 0.15) is 5.75 Å². The first-order chi connectivity index (χ1) is 8.11. The summed E-state index contributed by atoms with van der Waals surface area (Å²) in [5, 5.41) is 0. The number of methoxy groups -OCH3 is 1. The van der Waals surface area contributed by atoms with Gasteiger partial charge in [-0.25, -0.2) is 0 Å². The van der Waals surface area contributed by atoms with Gasteiger partial charge >= 0.3 is 0 Å². The molecule has 0 saturated carbocycles. The van der Waals surface area contributed by atoms with Crippen LogP contribution >= 0.6 is 0 Å². The van der Waals surface area contributed by atoms with Crippen molar-refractivity contribution in [2.24, 2.45) is 0 Å². The lowest BCUT2D eigenvalue weighted by atomic mass is 9.97. The van der Waals surface area contributed by atoms with Crippen LogP contribution in [0.3, 0.4) is 0 Å². The summed E-state index contributed by atoms with van der Waals surface area (Å²) < 4.78 is 5.23. The van der Waals surface area contributed by atoms with E-state index in [1.165, 1.54) is 0 Å². The Labute approximate surface area is 100 Å². The Hall–Kier alpha value is -2.03. The Morgan fingerprint density at radius 1 is 1.12 bits per heavy atom. The Morgan fingerprint density at radius 3 is 2.24 bits per heavy atom. The number of pyridine rings is 1. The topological polar surface area (TPSA) is 42.1 Å². The predicted molar refractivity (Wildman–Crippen MR) is 68.5 cm³/mol. The molecule has 0 unspecified atom stereocenters. The molecule has 17 heavy (non-hydrogen) atoms. The molecular weight excluding hydrogens is 214 g/mol. The second kappa shape index (κ2) is 4.45. The zero-order chi connectivity index (χ0) is 12.4. The number of hydrogen-bond donors (Lipinski definition) is 1. The number of aromatic amines is 1. The summed E-state index contributed by atoms with van der Waals surface area (Å²) in [7, 11) is 1.66. The van der Waals surface area contributed by atoms with Gasteiger partial charge in [0.2, 0.25) is 5.56 Å². The molecule has 0 spiro atoms. The van der Waals surface area contributed by atoms with E-state index in [9.17, 15) is 4.79 Å². The van der Waals surface area contributed by atoms with Crippen LogP contribution in [0.2, 0.25) is 0 Å². The predicted octanol–water partition coefficient (Wildman–Crippen LogP) is 2.67. The zero-order valence-electron chi connectivity index (χ0n) is 10.2. The van der Waals surface area contributed by atoms with Crippen molar-refractivity contribution < 1.29 is 4.74 Å². The zero-order valence-corrected chi connectivity index (χ0v) is 10.2. The number of benzene rings is 1. The average Bonchev–Trinajstić information content (AvgIpc) is 2.30. The highest BCUT2D eigenvalue weighted by molar-refractivity contribution is 5.71. The highest BCUT2D eigenvalue weighted by Crippen LogP contribution is 2.29. The van der Waals surface area contributed by atoms with Crippen molar-refractivity contribution in [2.75, 3.05) is 7.11 Å². The summed E-state index contributed by atoms with van der Waals surface area (Å²) in [5.74, 6) is 0.855. The molecule has 3 heteroatoms. The normalized spacial score (nSPS) is 10.3. The van der Waals surface area contributed by atoms with E-state index < -0.39 is 0 Å². The van der Waals surface area contributed by atoms with Crippen LogP contribution in [0, 0.1) is 13.8 Å². The lowest BCUT2D eigenvalue weighted by Crippen LogP contribution is -2.02. The number of aromatic nitrogens is 1. The third-order valence-corrected chi connectivity index (χ3v) is 2.81. The van der Waals surface area contributed by atoms with E-state index in [-0.39, 0.29) is 5.56 Å². The van der Waals surface area contributed by atoms with E-state index in [0.717, 1.165) is 28.0 Å². The van der Waals surface area contributed by atoms with Gasteiger partial charge in [0.25, 0.3) is 0 Å². The summed E-state index contributed by atoms with van der Waals surface area (Å²) >= 11 is 0. The van der Waals surface area contributed by atoms with E-state index in [1.54, 1.807) is 19.4 Å². The van der Waals surface area contributed by atoms with Crippen LogP contribution in [0.1, 0.15) is 11.1 Å². The van der Waals surface area contributed by atoms with Gasteiger partial charge in [-0.3, -0.25) is 4.79 Å². The fourth-order valence-electron chi connectivity index (χ4n) is 2.06. The number of ether oxygens (including phenoxy) is 1. The number of H-pyrrole nitrogens is 1. The van der Waals surface area contributed by atoms with Gasteiger partial charge in [-0.15, -0.1) is 0 Å². The molecule has 0 aliphatic rings. The SMILES string of the molecule is COc1cc(C)c(-c2ccc(=O)[nH]c2)c(C)c1. The molecule has 1 aromatic heterocycles. The van der Waals surface area contributed by atoms with Crippen molar-refractivity contribution in [3.63, 3.8) is 0 Å². The Balaban J connectivity index is 2.59. The molecule has 0 atom stereocenters. The van der Waals surface area contributed by atoms with Crippen molar-refractivity contribution in [1.29, 1.82) is 0 Å². The minimum atomic E-state index is -0.0856. The molecule has 0 fully saturated rings. The highest BCUT2D eigenvalue weighted by atomic mass is 16.5. The molecule has 1 aromatic carbocycles. The molecule has 2 aromatic rings.